The van der Waals surface area contributed by atoms with Crippen LogP contribution in [0.5, 0.6) is 0 Å². The molecule has 0 spiro atoms. The zero-order valence-corrected chi connectivity index (χ0v) is 21.0. The van der Waals surface area contributed by atoms with E-state index in [1.54, 1.807) is 6.07 Å². The van der Waals surface area contributed by atoms with Gasteiger partial charge in [0.15, 0.2) is 0 Å². The number of carbonyl (C=O) groups is 2. The Labute approximate surface area is 216 Å². The van der Waals surface area contributed by atoms with Gasteiger partial charge in [-0.2, -0.15) is 0 Å². The Morgan fingerprint density at radius 2 is 1.51 bits per heavy atom. The summed E-state index contributed by atoms with van der Waals surface area (Å²) < 4.78 is 8.94. The Hall–Kier alpha value is -4.12. The van der Waals surface area contributed by atoms with Crippen molar-refractivity contribution < 1.29 is 14.3 Å². The van der Waals surface area contributed by atoms with Gasteiger partial charge in [-0.1, -0.05) is 55.7 Å². The van der Waals surface area contributed by atoms with E-state index in [4.69, 9.17) is 4.74 Å². The van der Waals surface area contributed by atoms with Gasteiger partial charge in [0, 0.05) is 35.8 Å². The fourth-order valence-electron chi connectivity index (χ4n) is 5.66. The van der Waals surface area contributed by atoms with Crippen molar-refractivity contribution in [2.45, 2.75) is 38.6 Å². The molecule has 0 aliphatic heterocycles. The fraction of sp³-hybridized carbons (Fsp3) is 0.250. The number of rotatable bonds is 5. The summed E-state index contributed by atoms with van der Waals surface area (Å²) in [4.78, 5) is 25.3. The lowest BCUT2D eigenvalue weighted by molar-refractivity contribution is 0.0600. The summed E-state index contributed by atoms with van der Waals surface area (Å²) in [7, 11) is 1.40. The first-order valence-corrected chi connectivity index (χ1v) is 13.0. The van der Waals surface area contributed by atoms with Crippen LogP contribution in [0.25, 0.3) is 32.9 Å². The molecular weight excluding hydrogens is 460 g/mol. The van der Waals surface area contributed by atoms with E-state index in [9.17, 15) is 9.59 Å². The lowest BCUT2D eigenvalue weighted by Gasteiger charge is -2.21. The Morgan fingerprint density at radius 1 is 0.811 bits per heavy atom. The van der Waals surface area contributed by atoms with Gasteiger partial charge in [0.25, 0.3) is 0 Å². The minimum Gasteiger partial charge on any atom is -0.465 e. The third-order valence-corrected chi connectivity index (χ3v) is 7.69. The lowest BCUT2D eigenvalue weighted by Crippen LogP contribution is -2.23. The van der Waals surface area contributed by atoms with Crippen molar-refractivity contribution in [3.8, 4) is 11.1 Å². The van der Waals surface area contributed by atoms with Gasteiger partial charge in [-0.3, -0.25) is 9.36 Å². The Kier molecular flexibility index (Phi) is 6.13. The highest BCUT2D eigenvalue weighted by Crippen LogP contribution is 2.31. The molecule has 0 N–H and O–H groups in total. The predicted octanol–water partition coefficient (Wildman–Crippen LogP) is 7.32. The largest absolute Gasteiger partial charge is 0.465 e. The summed E-state index contributed by atoms with van der Waals surface area (Å²) in [5.74, 6) is 0.0271. The van der Waals surface area contributed by atoms with Gasteiger partial charge in [0.05, 0.1) is 18.2 Å². The molecule has 2 aromatic heterocycles. The van der Waals surface area contributed by atoms with E-state index >= 15 is 0 Å². The number of ether oxygens (including phenoxy) is 1. The van der Waals surface area contributed by atoms with E-state index in [1.807, 2.05) is 35.0 Å². The maximum absolute atomic E-state index is 13.3. The molecule has 186 valence electrons. The molecule has 1 saturated carbocycles. The monoisotopic (exact) mass is 490 g/mol. The van der Waals surface area contributed by atoms with E-state index in [1.165, 1.54) is 13.5 Å². The zero-order valence-electron chi connectivity index (χ0n) is 21.0. The second-order valence-corrected chi connectivity index (χ2v) is 10.0. The van der Waals surface area contributed by atoms with Crippen molar-refractivity contribution >= 4 is 33.7 Å². The van der Waals surface area contributed by atoms with Gasteiger partial charge in [0.2, 0.25) is 5.91 Å². The number of benzene rings is 3. The lowest BCUT2D eigenvalue weighted by atomic mass is 9.88. The molecule has 5 heteroatoms. The van der Waals surface area contributed by atoms with Crippen LogP contribution in [0.3, 0.4) is 0 Å². The van der Waals surface area contributed by atoms with Crippen LogP contribution in [0.4, 0.5) is 0 Å². The van der Waals surface area contributed by atoms with Crippen LogP contribution < -0.4 is 0 Å². The topological polar surface area (TPSA) is 53.2 Å². The molecule has 5 aromatic rings. The molecule has 3 aromatic carbocycles. The molecule has 1 aliphatic carbocycles. The van der Waals surface area contributed by atoms with Gasteiger partial charge in [-0.15, -0.1) is 0 Å². The zero-order chi connectivity index (χ0) is 25.4. The van der Waals surface area contributed by atoms with E-state index in [0.29, 0.717) is 12.1 Å². The average Bonchev–Trinajstić information content (AvgIpc) is 3.56. The quantitative estimate of drug-likeness (QED) is 0.243. The van der Waals surface area contributed by atoms with E-state index in [0.717, 1.165) is 64.2 Å². The predicted molar refractivity (Wildman–Crippen MR) is 147 cm³/mol. The van der Waals surface area contributed by atoms with E-state index in [2.05, 4.69) is 53.2 Å². The third kappa shape index (κ3) is 4.46. The smallest absolute Gasteiger partial charge is 0.337 e. The SMILES string of the molecule is COC(=O)c1cccc(Cn2ccc3ccc(-c4ccc5ccn(C(=O)C6CCCCC6)c5c4)cc32)c1. The average molecular weight is 491 g/mol. The molecule has 2 heterocycles. The van der Waals surface area contributed by atoms with Crippen LogP contribution in [-0.4, -0.2) is 28.1 Å². The minimum atomic E-state index is -0.330. The van der Waals surface area contributed by atoms with Gasteiger partial charge >= 0.3 is 5.97 Å². The van der Waals surface area contributed by atoms with Crippen LogP contribution in [0, 0.1) is 5.92 Å². The second kappa shape index (κ2) is 9.74. The highest BCUT2D eigenvalue weighted by atomic mass is 16.5. The number of nitrogens with zero attached hydrogens (tertiary/aromatic N) is 2. The number of hydrogen-bond acceptors (Lipinski definition) is 3. The normalized spacial score (nSPS) is 14.3. The van der Waals surface area contributed by atoms with E-state index < -0.39 is 0 Å². The highest BCUT2D eigenvalue weighted by molar-refractivity contribution is 5.96. The molecule has 0 unspecified atom stereocenters. The molecule has 1 fully saturated rings. The first-order valence-electron chi connectivity index (χ1n) is 13.0. The maximum atomic E-state index is 13.3. The van der Waals surface area contributed by atoms with Crippen molar-refractivity contribution in [1.82, 2.24) is 9.13 Å². The summed E-state index contributed by atoms with van der Waals surface area (Å²) in [5, 5.41) is 2.24. The molecule has 0 amide bonds. The van der Waals surface area contributed by atoms with Crippen molar-refractivity contribution in [3.63, 3.8) is 0 Å². The molecule has 0 atom stereocenters. The Bertz CT molecular complexity index is 1620. The van der Waals surface area contributed by atoms with E-state index in [-0.39, 0.29) is 17.8 Å². The van der Waals surface area contributed by atoms with Crippen LogP contribution in [-0.2, 0) is 11.3 Å². The highest BCUT2D eigenvalue weighted by Gasteiger charge is 2.23. The Balaban J connectivity index is 1.33. The molecule has 0 radical (unpaired) electrons. The summed E-state index contributed by atoms with van der Waals surface area (Å²) in [5.41, 5.74) is 5.88. The first-order chi connectivity index (χ1) is 18.1. The first kappa shape index (κ1) is 23.3. The standard InChI is InChI=1S/C32H30N2O3/c1-37-32(36)28-9-5-6-22(18-28)21-33-16-14-23-10-12-26(19-29(23)33)27-13-11-24-15-17-34(30(24)20-27)31(35)25-7-3-2-4-8-25/h5-6,9-20,25H,2-4,7-8,21H2,1H3. The number of esters is 1. The summed E-state index contributed by atoms with van der Waals surface area (Å²) >= 11 is 0. The molecule has 0 saturated heterocycles. The molecule has 5 nitrogen and oxygen atoms in total. The van der Waals surface area contributed by atoms with Crippen LogP contribution in [0.2, 0.25) is 0 Å². The molecule has 0 bridgehead atoms. The molecule has 37 heavy (non-hydrogen) atoms. The van der Waals surface area contributed by atoms with Gasteiger partial charge < -0.3 is 9.30 Å². The van der Waals surface area contributed by atoms with Crippen molar-refractivity contribution in [3.05, 3.63) is 96.3 Å². The number of hydrogen-bond donors (Lipinski definition) is 0. The maximum Gasteiger partial charge on any atom is 0.337 e. The number of carbonyl (C=O) groups excluding carboxylic acids is 2. The third-order valence-electron chi connectivity index (χ3n) is 7.69. The molecule has 6 rings (SSSR count). The minimum absolute atomic E-state index is 0.130. The molecule has 1 aliphatic rings. The Morgan fingerprint density at radius 3 is 2.27 bits per heavy atom. The molecular formula is C32H30N2O3. The van der Waals surface area contributed by atoms with Crippen LogP contribution in [0.1, 0.15) is 52.8 Å². The van der Waals surface area contributed by atoms with Crippen molar-refractivity contribution in [2.75, 3.05) is 7.11 Å². The van der Waals surface area contributed by atoms with Crippen LogP contribution >= 0.6 is 0 Å². The van der Waals surface area contributed by atoms with Crippen molar-refractivity contribution in [2.24, 2.45) is 5.92 Å². The summed E-state index contributed by atoms with van der Waals surface area (Å²) in [6.07, 6.45) is 9.53. The van der Waals surface area contributed by atoms with Gasteiger partial charge in [-0.25, -0.2) is 4.79 Å². The fourth-order valence-corrected chi connectivity index (χ4v) is 5.66. The number of methoxy groups -OCH3 is 1. The van der Waals surface area contributed by atoms with Gasteiger partial charge in [0.1, 0.15) is 0 Å². The van der Waals surface area contributed by atoms with Crippen molar-refractivity contribution in [1.29, 1.82) is 0 Å². The summed E-state index contributed by atoms with van der Waals surface area (Å²) in [6, 6.07) is 24.6. The van der Waals surface area contributed by atoms with Crippen LogP contribution in [0.15, 0.2) is 85.2 Å². The van der Waals surface area contributed by atoms with Gasteiger partial charge in [-0.05, 0) is 71.3 Å². The number of fused-ring (bicyclic) bond motifs is 2. The number of aromatic nitrogens is 2. The second-order valence-electron chi connectivity index (χ2n) is 10.0. The summed E-state index contributed by atoms with van der Waals surface area (Å²) in [6.45, 7) is 0.648.